The summed E-state index contributed by atoms with van der Waals surface area (Å²) in [6.07, 6.45) is 9.02. The maximum atomic E-state index is 14.7. The smallest absolute Gasteiger partial charge is 0.246 e. The van der Waals surface area contributed by atoms with Crippen molar-refractivity contribution in [3.05, 3.63) is 138 Å². The van der Waals surface area contributed by atoms with Crippen molar-refractivity contribution < 1.29 is 63.0 Å². The van der Waals surface area contributed by atoms with Crippen LogP contribution in [0.25, 0.3) is 21.8 Å². The van der Waals surface area contributed by atoms with Crippen molar-refractivity contribution in [2.45, 2.75) is 106 Å². The van der Waals surface area contributed by atoms with E-state index in [1.165, 1.54) is 42.1 Å². The monoisotopic (exact) mass is 1240 g/mol. The van der Waals surface area contributed by atoms with Crippen molar-refractivity contribution >= 4 is 86.8 Å². The Morgan fingerprint density at radius 2 is 1.11 bits per heavy atom. The van der Waals surface area contributed by atoms with Gasteiger partial charge in [-0.3, -0.25) is 52.7 Å². The maximum absolute atomic E-state index is 14.7. The third kappa shape index (κ3) is 16.6. The molecular weight excluding hydrogens is 1170 g/mol. The number of benzene rings is 3. The minimum atomic E-state index is -1.75. The van der Waals surface area contributed by atoms with Crippen LogP contribution in [0.2, 0.25) is 0 Å². The molecule has 472 valence electrons. The molecule has 4 aromatic heterocycles. The molecule has 0 saturated carbocycles. The first kappa shape index (κ1) is 63.6. The second-order valence-electron chi connectivity index (χ2n) is 21.9. The van der Waals surface area contributed by atoms with Crippen LogP contribution < -0.4 is 53.6 Å². The zero-order chi connectivity index (χ0) is 63.8. The van der Waals surface area contributed by atoms with Crippen LogP contribution in [0.15, 0.2) is 110 Å². The van der Waals surface area contributed by atoms with Gasteiger partial charge in [-0.15, -0.1) is 0 Å². The number of nitrogens with one attached hydrogen (secondary N) is 13. The molecular formula is C60H69N17O13. The highest BCUT2D eigenvalue weighted by Crippen LogP contribution is 2.24. The Kier molecular flexibility index (Phi) is 21.0. The molecule has 11 amide bonds. The first-order valence-corrected chi connectivity index (χ1v) is 29.1. The average molecular weight is 1240 g/mol. The molecule has 2 fully saturated rings. The van der Waals surface area contributed by atoms with Crippen molar-refractivity contribution in [3.8, 4) is 5.75 Å². The number of para-hydroxylation sites is 2. The maximum Gasteiger partial charge on any atom is 0.246 e. The molecule has 2 aliphatic rings. The van der Waals surface area contributed by atoms with E-state index in [2.05, 4.69) is 77.8 Å². The van der Waals surface area contributed by atoms with Crippen LogP contribution in [0, 0.1) is 0 Å². The lowest BCUT2D eigenvalue weighted by molar-refractivity contribution is -0.142. The Bertz CT molecular complexity index is 3740. The fourth-order valence-electron chi connectivity index (χ4n) is 10.9. The third-order valence-corrected chi connectivity index (χ3v) is 15.5. The number of aromatic nitrogens is 6. The van der Waals surface area contributed by atoms with E-state index in [1.54, 1.807) is 67.0 Å². The molecule has 6 heterocycles. The molecule has 8 unspecified atom stereocenters. The number of hydrogen-bond donors (Lipinski definition) is 16. The molecule has 0 bridgehead atoms. The number of carbonyl (C=O) groups excluding carboxylic acids is 11. The number of phenolic OH excluding ortho intramolecular Hbond substituents is 1. The molecule has 30 heteroatoms. The van der Waals surface area contributed by atoms with Crippen LogP contribution in [0.4, 0.5) is 0 Å². The summed E-state index contributed by atoms with van der Waals surface area (Å²) in [4.78, 5) is 172. The van der Waals surface area contributed by atoms with Crippen LogP contribution in [-0.4, -0.2) is 185 Å². The number of aliphatic hydroxyl groups is 1. The lowest BCUT2D eigenvalue weighted by atomic mass is 10.0. The number of rotatable bonds is 29. The largest absolute Gasteiger partial charge is 0.508 e. The molecule has 0 aliphatic carbocycles. The normalized spacial score (nSPS) is 16.5. The first-order chi connectivity index (χ1) is 43.4. The van der Waals surface area contributed by atoms with Crippen molar-refractivity contribution in [2.75, 3.05) is 26.2 Å². The molecule has 7 aromatic rings. The quantitative estimate of drug-likeness (QED) is 0.0225. The number of H-pyrrole nitrogens is 4. The number of phenols is 1. The summed E-state index contributed by atoms with van der Waals surface area (Å²) < 4.78 is 0. The topological polar surface area (TPSA) is 455 Å². The number of fused-ring (bicyclic) bond motifs is 2. The van der Waals surface area contributed by atoms with Gasteiger partial charge in [0.2, 0.25) is 65.0 Å². The summed E-state index contributed by atoms with van der Waals surface area (Å²) in [5.74, 6) is -8.55. The predicted molar refractivity (Wildman–Crippen MR) is 320 cm³/mol. The molecule has 0 spiro atoms. The number of imidazole rings is 2. The van der Waals surface area contributed by atoms with Crippen molar-refractivity contribution in [3.63, 3.8) is 0 Å². The number of primary amides is 1. The SMILES string of the molecule is NC(=O)CNC(=O)C1CCCN1C(=O)C(Cc1ccc(O)cc1)NC(=O)C(Cc1c[nH]c2ccccc12)NC(=O)CNC(=O)C(Cc1cnc[nH]1)NC(=O)C(CO)NC(=O)C(Cc1c[nH]c2ccccc12)NC(=O)C(Cc1cnc[nH]1)NC(=O)C1CCC(=O)N1. The lowest BCUT2D eigenvalue weighted by Gasteiger charge is -2.30. The fraction of sp³-hybridized carbons (Fsp3) is 0.350. The van der Waals surface area contributed by atoms with Gasteiger partial charge in [0, 0.05) is 103 Å². The average Bonchev–Trinajstić information content (AvgIpc) is 2.85. The van der Waals surface area contributed by atoms with E-state index in [0.717, 1.165) is 5.52 Å². The molecule has 90 heavy (non-hydrogen) atoms. The number of likely N-dealkylation sites (tertiary alicyclic amines) is 1. The van der Waals surface area contributed by atoms with Gasteiger partial charge in [-0.1, -0.05) is 48.5 Å². The number of carbonyl (C=O) groups is 11. The number of aliphatic hydroxyl groups excluding tert-OH is 1. The van der Waals surface area contributed by atoms with Crippen LogP contribution in [-0.2, 0) is 84.8 Å². The molecule has 17 N–H and O–H groups in total. The Balaban J connectivity index is 0.903. The zero-order valence-corrected chi connectivity index (χ0v) is 48.5. The second-order valence-corrected chi connectivity index (χ2v) is 21.9. The van der Waals surface area contributed by atoms with Gasteiger partial charge in [-0.05, 0) is 60.2 Å². The molecule has 0 radical (unpaired) electrons. The van der Waals surface area contributed by atoms with E-state index >= 15 is 0 Å². The Morgan fingerprint density at radius 1 is 0.578 bits per heavy atom. The number of hydrogen-bond acceptors (Lipinski definition) is 15. The predicted octanol–water partition coefficient (Wildman–Crippen LogP) is -2.80. The van der Waals surface area contributed by atoms with E-state index in [-0.39, 0.29) is 69.6 Å². The van der Waals surface area contributed by atoms with Gasteiger partial charge in [-0.2, -0.15) is 0 Å². The summed E-state index contributed by atoms with van der Waals surface area (Å²) in [5.41, 5.74) is 9.18. The van der Waals surface area contributed by atoms with Gasteiger partial charge < -0.3 is 88.6 Å². The minimum absolute atomic E-state index is 0.0544. The van der Waals surface area contributed by atoms with E-state index in [1.807, 2.05) is 6.07 Å². The van der Waals surface area contributed by atoms with Crippen molar-refractivity contribution in [1.29, 1.82) is 0 Å². The summed E-state index contributed by atoms with van der Waals surface area (Å²) in [6, 6.07) is 9.58. The highest BCUT2D eigenvalue weighted by atomic mass is 16.3. The van der Waals surface area contributed by atoms with Crippen LogP contribution in [0.5, 0.6) is 5.75 Å². The highest BCUT2D eigenvalue weighted by molar-refractivity contribution is 5.99. The summed E-state index contributed by atoms with van der Waals surface area (Å²) >= 11 is 0. The number of amides is 11. The molecule has 3 aromatic carbocycles. The van der Waals surface area contributed by atoms with Crippen molar-refractivity contribution in [1.82, 2.24) is 82.7 Å². The summed E-state index contributed by atoms with van der Waals surface area (Å²) in [7, 11) is 0. The van der Waals surface area contributed by atoms with E-state index in [9.17, 15) is 63.0 Å². The number of nitrogens with two attached hydrogens (primary N) is 1. The Labute approximate surface area is 512 Å². The molecule has 9 rings (SSSR count). The molecule has 2 saturated heterocycles. The summed E-state index contributed by atoms with van der Waals surface area (Å²) in [5, 5.41) is 45.5. The van der Waals surface area contributed by atoms with Crippen molar-refractivity contribution in [2.24, 2.45) is 5.73 Å². The molecule has 2 aliphatic heterocycles. The van der Waals surface area contributed by atoms with Gasteiger partial charge in [0.25, 0.3) is 0 Å². The van der Waals surface area contributed by atoms with Crippen LogP contribution >= 0.6 is 0 Å². The number of aromatic hydroxyl groups is 1. The van der Waals surface area contributed by atoms with E-state index in [4.69, 9.17) is 5.73 Å². The zero-order valence-electron chi connectivity index (χ0n) is 48.5. The third-order valence-electron chi connectivity index (χ3n) is 15.5. The molecule has 8 atom stereocenters. The van der Waals surface area contributed by atoms with Gasteiger partial charge >= 0.3 is 0 Å². The second kappa shape index (κ2) is 29.7. The van der Waals surface area contributed by atoms with Crippen LogP contribution in [0.3, 0.4) is 0 Å². The highest BCUT2D eigenvalue weighted by Gasteiger charge is 2.40. The van der Waals surface area contributed by atoms with Gasteiger partial charge in [0.1, 0.15) is 54.1 Å². The first-order valence-electron chi connectivity index (χ1n) is 29.1. The molecule has 30 nitrogen and oxygen atoms in total. The minimum Gasteiger partial charge on any atom is -0.508 e. The van der Waals surface area contributed by atoms with E-state index < -0.39 is 127 Å². The Hall–Kier alpha value is -10.9. The number of aromatic amines is 4. The van der Waals surface area contributed by atoms with E-state index in [0.29, 0.717) is 50.8 Å². The van der Waals surface area contributed by atoms with Gasteiger partial charge in [0.15, 0.2) is 0 Å². The fourth-order valence-corrected chi connectivity index (χ4v) is 10.9. The lowest BCUT2D eigenvalue weighted by Crippen LogP contribution is -2.60. The van der Waals surface area contributed by atoms with Crippen LogP contribution in [0.1, 0.15) is 53.8 Å². The van der Waals surface area contributed by atoms with Gasteiger partial charge in [0.05, 0.1) is 32.4 Å². The number of nitrogens with zero attached hydrogens (tertiary/aromatic N) is 3. The standard InChI is InChI=1S/C60H69N17O13/c61-50(80)27-66-59(89)49-10-5-17-77(49)60(90)47(18-32-11-13-37(79)14-12-32)75-55(85)43(19-33-23-64-40-8-3-1-6-38(33)40)71-52(82)28-67-53(83)45(21-35-25-62-30-68-35)73-58(88)48(29-78)76-56(86)44(20-34-24-65-41-9-4-2-7-39(34)41)72-57(87)46(22-36-26-63-31-69-36)74-54(84)42-15-16-51(81)70-42/h1-4,6-9,11-14,23-26,30-31,42-49,64-65,78-79H,5,10,15-22,27-29H2,(H2,61,80)(H,62,68)(H,63,69)(H,66,89)(H,67,83)(H,70,81)(H,71,82)(H,72,87)(H,73,88)(H,74,84)(H,75,85)(H,76,86). The van der Waals surface area contributed by atoms with Gasteiger partial charge in [-0.25, -0.2) is 9.97 Å². The summed E-state index contributed by atoms with van der Waals surface area (Å²) in [6.45, 7) is -2.11. The Morgan fingerprint density at radius 3 is 1.66 bits per heavy atom.